The standard InChI is InChI=1S/C19H27N3O4/c1-4-9-20-18(23)13-22-10-7-15(8-11-22)21-19(24)14-5-6-16(25-2)17(12-14)26-3/h4-6,12,15H,1,7-11,13H2,2-3H3,(H,20,23)(H,21,24)/p+1. The summed E-state index contributed by atoms with van der Waals surface area (Å²) in [5, 5.41) is 5.86. The summed E-state index contributed by atoms with van der Waals surface area (Å²) in [6, 6.07) is 5.25. The van der Waals surface area contributed by atoms with E-state index in [1.54, 1.807) is 38.5 Å². The molecule has 1 heterocycles. The lowest BCUT2D eigenvalue weighted by molar-refractivity contribution is -0.897. The third-order valence-electron chi connectivity index (χ3n) is 4.53. The van der Waals surface area contributed by atoms with Gasteiger partial charge in [0.25, 0.3) is 11.8 Å². The molecule has 0 bridgehead atoms. The summed E-state index contributed by atoms with van der Waals surface area (Å²) in [6.07, 6.45) is 3.37. The molecule has 0 spiro atoms. The molecule has 7 nitrogen and oxygen atoms in total. The van der Waals surface area contributed by atoms with Gasteiger partial charge in [0, 0.05) is 31.0 Å². The highest BCUT2D eigenvalue weighted by Gasteiger charge is 2.25. The fourth-order valence-electron chi connectivity index (χ4n) is 3.07. The van der Waals surface area contributed by atoms with Gasteiger partial charge in [-0.3, -0.25) is 9.59 Å². The molecule has 0 atom stereocenters. The third kappa shape index (κ3) is 5.49. The van der Waals surface area contributed by atoms with Crippen molar-refractivity contribution in [2.24, 2.45) is 0 Å². The first kappa shape index (κ1) is 19.8. The Morgan fingerprint density at radius 1 is 1.23 bits per heavy atom. The summed E-state index contributed by atoms with van der Waals surface area (Å²) < 4.78 is 10.4. The van der Waals surface area contributed by atoms with Crippen molar-refractivity contribution in [3.05, 3.63) is 36.4 Å². The van der Waals surface area contributed by atoms with Crippen LogP contribution in [0, 0.1) is 0 Å². The van der Waals surface area contributed by atoms with E-state index >= 15 is 0 Å². The number of methoxy groups -OCH3 is 2. The third-order valence-corrected chi connectivity index (χ3v) is 4.53. The second kappa shape index (κ2) is 9.82. The van der Waals surface area contributed by atoms with Crippen LogP contribution < -0.4 is 25.0 Å². The Morgan fingerprint density at radius 2 is 1.92 bits per heavy atom. The molecule has 1 aliphatic heterocycles. The second-order valence-corrected chi connectivity index (χ2v) is 6.34. The molecule has 0 radical (unpaired) electrons. The van der Waals surface area contributed by atoms with Gasteiger partial charge >= 0.3 is 0 Å². The lowest BCUT2D eigenvalue weighted by Crippen LogP contribution is -3.14. The first-order valence-corrected chi connectivity index (χ1v) is 8.81. The quantitative estimate of drug-likeness (QED) is 0.559. The van der Waals surface area contributed by atoms with Crippen LogP contribution in [-0.4, -0.2) is 58.3 Å². The van der Waals surface area contributed by atoms with E-state index in [1.807, 2.05) is 0 Å². The van der Waals surface area contributed by atoms with Gasteiger partial charge in [0.15, 0.2) is 18.0 Å². The molecule has 1 aromatic rings. The van der Waals surface area contributed by atoms with E-state index in [4.69, 9.17) is 9.47 Å². The molecule has 1 saturated heterocycles. The molecule has 0 aliphatic carbocycles. The zero-order valence-corrected chi connectivity index (χ0v) is 15.5. The summed E-state index contributed by atoms with van der Waals surface area (Å²) in [5.41, 5.74) is 0.543. The van der Waals surface area contributed by atoms with Crippen molar-refractivity contribution in [1.82, 2.24) is 10.6 Å². The van der Waals surface area contributed by atoms with Crippen LogP contribution in [-0.2, 0) is 4.79 Å². The SMILES string of the molecule is C=CCNC(=O)C[NH+]1CCC(NC(=O)c2ccc(OC)c(OC)c2)CC1. The number of carbonyl (C=O) groups excluding carboxylic acids is 2. The van der Waals surface area contributed by atoms with Crippen molar-refractivity contribution < 1.29 is 24.0 Å². The van der Waals surface area contributed by atoms with Gasteiger partial charge in [-0.25, -0.2) is 0 Å². The van der Waals surface area contributed by atoms with Crippen molar-refractivity contribution in [3.8, 4) is 11.5 Å². The molecule has 0 aromatic heterocycles. The highest BCUT2D eigenvalue weighted by molar-refractivity contribution is 5.95. The Balaban J connectivity index is 1.82. The summed E-state index contributed by atoms with van der Waals surface area (Å²) >= 11 is 0. The average Bonchev–Trinajstić information content (AvgIpc) is 2.67. The van der Waals surface area contributed by atoms with Gasteiger partial charge < -0.3 is 25.0 Å². The number of hydrogen-bond acceptors (Lipinski definition) is 4. The smallest absolute Gasteiger partial charge is 0.275 e. The summed E-state index contributed by atoms with van der Waals surface area (Å²) in [7, 11) is 3.11. The van der Waals surface area contributed by atoms with Crippen molar-refractivity contribution in [1.29, 1.82) is 0 Å². The minimum absolute atomic E-state index is 0.0349. The molecule has 2 amide bonds. The number of quaternary nitrogens is 1. The van der Waals surface area contributed by atoms with Crippen molar-refractivity contribution in [2.45, 2.75) is 18.9 Å². The van der Waals surface area contributed by atoms with Gasteiger partial charge in [-0.2, -0.15) is 0 Å². The fourth-order valence-corrected chi connectivity index (χ4v) is 3.07. The van der Waals surface area contributed by atoms with E-state index in [9.17, 15) is 9.59 Å². The highest BCUT2D eigenvalue weighted by atomic mass is 16.5. The van der Waals surface area contributed by atoms with Crippen LogP contribution in [0.4, 0.5) is 0 Å². The Morgan fingerprint density at radius 3 is 2.54 bits per heavy atom. The van der Waals surface area contributed by atoms with Crippen LogP contribution in [0.5, 0.6) is 11.5 Å². The number of ether oxygens (including phenoxy) is 2. The van der Waals surface area contributed by atoms with Crippen molar-refractivity contribution >= 4 is 11.8 Å². The molecule has 26 heavy (non-hydrogen) atoms. The summed E-state index contributed by atoms with van der Waals surface area (Å²) in [4.78, 5) is 25.5. The molecule has 7 heteroatoms. The molecule has 0 saturated carbocycles. The molecule has 3 N–H and O–H groups in total. The number of rotatable bonds is 8. The largest absolute Gasteiger partial charge is 0.493 e. The minimum atomic E-state index is -0.122. The molecule has 0 unspecified atom stereocenters. The lowest BCUT2D eigenvalue weighted by atomic mass is 10.0. The Kier molecular flexibility index (Phi) is 7.47. The van der Waals surface area contributed by atoms with Gasteiger partial charge in [0.2, 0.25) is 0 Å². The normalized spacial score (nSPS) is 19.3. The minimum Gasteiger partial charge on any atom is -0.493 e. The number of benzene rings is 1. The number of amides is 2. The van der Waals surface area contributed by atoms with Crippen LogP contribution in [0.25, 0.3) is 0 Å². The molecule has 2 rings (SSSR count). The van der Waals surface area contributed by atoms with Crippen LogP contribution in [0.1, 0.15) is 23.2 Å². The highest BCUT2D eigenvalue weighted by Crippen LogP contribution is 2.27. The van der Waals surface area contributed by atoms with Gasteiger partial charge in [0.1, 0.15) is 0 Å². The zero-order chi connectivity index (χ0) is 18.9. The van der Waals surface area contributed by atoms with Gasteiger partial charge in [-0.05, 0) is 18.2 Å². The first-order chi connectivity index (χ1) is 12.6. The average molecular weight is 362 g/mol. The molecular weight excluding hydrogens is 334 g/mol. The molecule has 1 aliphatic rings. The molecule has 142 valence electrons. The maximum absolute atomic E-state index is 12.5. The molecule has 1 fully saturated rings. The van der Waals surface area contributed by atoms with Crippen LogP contribution in [0.3, 0.4) is 0 Å². The predicted octanol–water partition coefficient (Wildman–Crippen LogP) is -0.217. The van der Waals surface area contributed by atoms with E-state index in [0.717, 1.165) is 25.9 Å². The number of nitrogens with one attached hydrogen (secondary N) is 3. The monoisotopic (exact) mass is 362 g/mol. The second-order valence-electron chi connectivity index (χ2n) is 6.34. The van der Waals surface area contributed by atoms with Crippen molar-refractivity contribution in [2.75, 3.05) is 40.4 Å². The van der Waals surface area contributed by atoms with Crippen LogP contribution in [0.2, 0.25) is 0 Å². The van der Waals surface area contributed by atoms with E-state index in [2.05, 4.69) is 17.2 Å². The number of piperidine rings is 1. The summed E-state index contributed by atoms with van der Waals surface area (Å²) in [6.45, 7) is 6.26. The van der Waals surface area contributed by atoms with E-state index in [1.165, 1.54) is 4.90 Å². The fraction of sp³-hybridized carbons (Fsp3) is 0.474. The maximum Gasteiger partial charge on any atom is 0.275 e. The molecular formula is C19H28N3O4+. The predicted molar refractivity (Wildman–Crippen MR) is 98.8 cm³/mol. The lowest BCUT2D eigenvalue weighted by Gasteiger charge is -2.29. The summed E-state index contributed by atoms with van der Waals surface area (Å²) in [5.74, 6) is 1.04. The Labute approximate surface area is 154 Å². The van der Waals surface area contributed by atoms with E-state index < -0.39 is 0 Å². The number of carbonyl (C=O) groups is 2. The Hall–Kier alpha value is -2.54. The van der Waals surface area contributed by atoms with Crippen LogP contribution in [0.15, 0.2) is 30.9 Å². The molecule has 1 aromatic carbocycles. The van der Waals surface area contributed by atoms with Crippen LogP contribution >= 0.6 is 0 Å². The van der Waals surface area contributed by atoms with E-state index in [0.29, 0.717) is 30.2 Å². The number of hydrogen-bond donors (Lipinski definition) is 3. The maximum atomic E-state index is 12.5. The topological polar surface area (TPSA) is 81.1 Å². The number of likely N-dealkylation sites (tertiary alicyclic amines) is 1. The van der Waals surface area contributed by atoms with Gasteiger partial charge in [0.05, 0.1) is 27.3 Å². The zero-order valence-electron chi connectivity index (χ0n) is 15.5. The first-order valence-electron chi connectivity index (χ1n) is 8.81. The van der Waals surface area contributed by atoms with Gasteiger partial charge in [-0.15, -0.1) is 6.58 Å². The van der Waals surface area contributed by atoms with Crippen molar-refractivity contribution in [3.63, 3.8) is 0 Å². The Bertz CT molecular complexity index is 640. The van der Waals surface area contributed by atoms with Gasteiger partial charge in [-0.1, -0.05) is 6.08 Å². The van der Waals surface area contributed by atoms with E-state index in [-0.39, 0.29) is 17.9 Å².